The number of thioether (sulfide) groups is 1. The standard InChI is InChI=1S/C21H25N3S/c1-20(2,3)22-18-21(16-12-8-6-9-13-16,17-14-10-7-11-15-17)23-19(25-5)24(18)4/h6-15H,1-5H3. The predicted molar refractivity (Wildman–Crippen MR) is 110 cm³/mol. The largest absolute Gasteiger partial charge is 0.310 e. The first kappa shape index (κ1) is 17.7. The van der Waals surface area contributed by atoms with Gasteiger partial charge in [-0.05, 0) is 38.2 Å². The van der Waals surface area contributed by atoms with Crippen molar-refractivity contribution < 1.29 is 0 Å². The quantitative estimate of drug-likeness (QED) is 0.778. The molecular formula is C21H25N3S. The Morgan fingerprint density at radius 3 is 1.80 bits per heavy atom. The molecule has 0 fully saturated rings. The van der Waals surface area contributed by atoms with Gasteiger partial charge in [-0.3, -0.25) is 4.99 Å². The van der Waals surface area contributed by atoms with Crippen LogP contribution >= 0.6 is 11.8 Å². The van der Waals surface area contributed by atoms with Crippen LogP contribution in [-0.2, 0) is 5.54 Å². The summed E-state index contributed by atoms with van der Waals surface area (Å²) in [7, 11) is 2.06. The van der Waals surface area contributed by atoms with E-state index in [0.29, 0.717) is 0 Å². The van der Waals surface area contributed by atoms with Crippen LogP contribution in [0.3, 0.4) is 0 Å². The molecule has 0 amide bonds. The molecular weight excluding hydrogens is 326 g/mol. The Labute approximate surface area is 154 Å². The van der Waals surface area contributed by atoms with E-state index in [1.165, 1.54) is 0 Å². The third-order valence-corrected chi connectivity index (χ3v) is 4.93. The summed E-state index contributed by atoms with van der Waals surface area (Å²) in [5, 5.41) is 0.982. The lowest BCUT2D eigenvalue weighted by molar-refractivity contribution is 0.554. The summed E-state index contributed by atoms with van der Waals surface area (Å²) >= 11 is 1.66. The summed E-state index contributed by atoms with van der Waals surface area (Å²) in [4.78, 5) is 12.4. The summed E-state index contributed by atoms with van der Waals surface area (Å²) in [5.74, 6) is 0.974. The Morgan fingerprint density at radius 2 is 1.40 bits per heavy atom. The summed E-state index contributed by atoms with van der Waals surface area (Å²) in [6.45, 7) is 6.39. The highest BCUT2D eigenvalue weighted by atomic mass is 32.2. The van der Waals surface area contributed by atoms with Crippen molar-refractivity contribution in [3.63, 3.8) is 0 Å². The summed E-state index contributed by atoms with van der Waals surface area (Å²) in [6.07, 6.45) is 2.07. The Hall–Kier alpha value is -2.07. The number of benzene rings is 2. The minimum Gasteiger partial charge on any atom is -0.310 e. The van der Waals surface area contributed by atoms with Crippen LogP contribution in [0.4, 0.5) is 0 Å². The van der Waals surface area contributed by atoms with E-state index in [0.717, 1.165) is 22.1 Å². The van der Waals surface area contributed by atoms with Crippen LogP contribution < -0.4 is 0 Å². The van der Waals surface area contributed by atoms with E-state index in [2.05, 4.69) is 87.5 Å². The van der Waals surface area contributed by atoms with Crippen molar-refractivity contribution in [1.82, 2.24) is 4.90 Å². The van der Waals surface area contributed by atoms with Gasteiger partial charge in [0.2, 0.25) is 0 Å². The number of aliphatic imine (C=N–C) groups is 2. The molecule has 1 aliphatic heterocycles. The van der Waals surface area contributed by atoms with Gasteiger partial charge in [-0.1, -0.05) is 72.4 Å². The first-order chi connectivity index (χ1) is 11.9. The normalized spacial score (nSPS) is 18.5. The zero-order valence-corrected chi connectivity index (χ0v) is 16.3. The lowest BCUT2D eigenvalue weighted by atomic mass is 9.82. The number of rotatable bonds is 2. The van der Waals surface area contributed by atoms with E-state index in [-0.39, 0.29) is 5.54 Å². The van der Waals surface area contributed by atoms with Crippen molar-refractivity contribution in [1.29, 1.82) is 0 Å². The molecule has 0 spiro atoms. The van der Waals surface area contributed by atoms with Crippen LogP contribution in [0.25, 0.3) is 0 Å². The fraction of sp³-hybridized carbons (Fsp3) is 0.333. The van der Waals surface area contributed by atoms with Gasteiger partial charge in [0.1, 0.15) is 5.84 Å². The van der Waals surface area contributed by atoms with Gasteiger partial charge in [0, 0.05) is 7.05 Å². The Balaban J connectivity index is 2.36. The number of hydrogen-bond donors (Lipinski definition) is 0. The Morgan fingerprint density at radius 1 is 0.920 bits per heavy atom. The molecule has 0 atom stereocenters. The van der Waals surface area contributed by atoms with Gasteiger partial charge in [-0.15, -0.1) is 0 Å². The molecule has 3 nitrogen and oxygen atoms in total. The molecule has 0 bridgehead atoms. The van der Waals surface area contributed by atoms with Crippen LogP contribution in [0.15, 0.2) is 70.6 Å². The van der Waals surface area contributed by atoms with Crippen molar-refractivity contribution in [2.24, 2.45) is 9.98 Å². The molecule has 0 radical (unpaired) electrons. The zero-order valence-electron chi connectivity index (χ0n) is 15.5. The molecule has 0 N–H and O–H groups in total. The smallest absolute Gasteiger partial charge is 0.171 e. The lowest BCUT2D eigenvalue weighted by Gasteiger charge is -2.31. The minimum atomic E-state index is -0.608. The van der Waals surface area contributed by atoms with Gasteiger partial charge in [-0.2, -0.15) is 0 Å². The van der Waals surface area contributed by atoms with E-state index in [9.17, 15) is 0 Å². The molecule has 0 unspecified atom stereocenters. The molecule has 2 aromatic rings. The molecule has 25 heavy (non-hydrogen) atoms. The van der Waals surface area contributed by atoms with E-state index >= 15 is 0 Å². The van der Waals surface area contributed by atoms with Crippen molar-refractivity contribution in [3.05, 3.63) is 71.8 Å². The number of amidine groups is 2. The van der Waals surface area contributed by atoms with E-state index in [4.69, 9.17) is 9.98 Å². The number of hydrogen-bond acceptors (Lipinski definition) is 3. The van der Waals surface area contributed by atoms with Crippen molar-refractivity contribution in [3.8, 4) is 0 Å². The van der Waals surface area contributed by atoms with E-state index in [1.807, 2.05) is 12.1 Å². The van der Waals surface area contributed by atoms with Gasteiger partial charge in [0.25, 0.3) is 0 Å². The van der Waals surface area contributed by atoms with Gasteiger partial charge < -0.3 is 4.90 Å². The summed E-state index contributed by atoms with van der Waals surface area (Å²) in [6, 6.07) is 20.9. The molecule has 130 valence electrons. The van der Waals surface area contributed by atoms with Crippen molar-refractivity contribution in [2.75, 3.05) is 13.3 Å². The topological polar surface area (TPSA) is 28.0 Å². The fourth-order valence-electron chi connectivity index (χ4n) is 3.17. The van der Waals surface area contributed by atoms with Gasteiger partial charge >= 0.3 is 0 Å². The lowest BCUT2D eigenvalue weighted by Crippen LogP contribution is -2.41. The Bertz CT molecular complexity index is 749. The van der Waals surface area contributed by atoms with Crippen LogP contribution in [0, 0.1) is 0 Å². The number of likely N-dealkylation sites (N-methyl/N-ethyl adjacent to an activating group) is 1. The van der Waals surface area contributed by atoms with Crippen LogP contribution in [0.1, 0.15) is 31.9 Å². The summed E-state index contributed by atoms with van der Waals surface area (Å²) < 4.78 is 0. The summed E-state index contributed by atoms with van der Waals surface area (Å²) in [5.41, 5.74) is 1.48. The molecule has 1 heterocycles. The molecule has 4 heteroatoms. The minimum absolute atomic E-state index is 0.193. The molecule has 1 aliphatic rings. The van der Waals surface area contributed by atoms with E-state index < -0.39 is 5.54 Å². The second kappa shape index (κ2) is 6.68. The second-order valence-corrected chi connectivity index (χ2v) is 7.98. The first-order valence-corrected chi connectivity index (χ1v) is 9.70. The van der Waals surface area contributed by atoms with Gasteiger partial charge in [-0.25, -0.2) is 4.99 Å². The number of nitrogens with zero attached hydrogens (tertiary/aromatic N) is 3. The highest BCUT2D eigenvalue weighted by Gasteiger charge is 2.48. The highest BCUT2D eigenvalue weighted by Crippen LogP contribution is 2.42. The zero-order chi connectivity index (χ0) is 18.1. The maximum atomic E-state index is 5.20. The molecule has 0 aromatic heterocycles. The van der Waals surface area contributed by atoms with Crippen LogP contribution in [-0.4, -0.2) is 34.7 Å². The Kier molecular flexibility index (Phi) is 4.74. The third-order valence-electron chi connectivity index (χ3n) is 4.20. The SMILES string of the molecule is CSC1=NC(c2ccccc2)(c2ccccc2)C(=NC(C)(C)C)N1C. The van der Waals surface area contributed by atoms with Gasteiger partial charge in [0.15, 0.2) is 10.7 Å². The van der Waals surface area contributed by atoms with Crippen LogP contribution in [0.2, 0.25) is 0 Å². The van der Waals surface area contributed by atoms with Gasteiger partial charge in [0.05, 0.1) is 5.54 Å². The highest BCUT2D eigenvalue weighted by molar-refractivity contribution is 8.13. The maximum absolute atomic E-state index is 5.20. The molecule has 0 saturated heterocycles. The average Bonchev–Trinajstić information content (AvgIpc) is 2.88. The maximum Gasteiger partial charge on any atom is 0.171 e. The molecule has 3 rings (SSSR count). The van der Waals surface area contributed by atoms with Crippen molar-refractivity contribution in [2.45, 2.75) is 31.8 Å². The average molecular weight is 352 g/mol. The second-order valence-electron chi connectivity index (χ2n) is 7.21. The first-order valence-electron chi connectivity index (χ1n) is 8.47. The molecule has 2 aromatic carbocycles. The van der Waals surface area contributed by atoms with Crippen molar-refractivity contribution >= 4 is 22.8 Å². The van der Waals surface area contributed by atoms with Crippen LogP contribution in [0.5, 0.6) is 0 Å². The fourth-order valence-corrected chi connectivity index (χ4v) is 3.76. The molecule has 0 aliphatic carbocycles. The third kappa shape index (κ3) is 3.23. The monoisotopic (exact) mass is 351 g/mol. The predicted octanol–water partition coefficient (Wildman–Crippen LogP) is 4.79. The molecule has 0 saturated carbocycles. The van der Waals surface area contributed by atoms with E-state index in [1.54, 1.807) is 11.8 Å².